The van der Waals surface area contributed by atoms with Crippen LogP contribution >= 0.6 is 23.1 Å². The lowest BCUT2D eigenvalue weighted by molar-refractivity contribution is -0.134. The molecule has 1 atom stereocenters. The molecule has 0 fully saturated rings. The first-order valence-electron chi connectivity index (χ1n) is 5.11. The molecule has 2 amide bonds. The zero-order valence-electron chi connectivity index (χ0n) is 10.1. The van der Waals surface area contributed by atoms with Crippen LogP contribution in [0.15, 0.2) is 12.1 Å². The van der Waals surface area contributed by atoms with E-state index < -0.39 is 23.1 Å². The van der Waals surface area contributed by atoms with E-state index in [1.54, 1.807) is 13.2 Å². The number of alkyl halides is 3. The van der Waals surface area contributed by atoms with Crippen molar-refractivity contribution < 1.29 is 18.0 Å². The number of amidine groups is 1. The molecule has 0 bridgehead atoms. The fourth-order valence-electron chi connectivity index (χ4n) is 1.20. The SMILES string of the molecule is CSC(=N)NC(=O)NC(C)c1ccc(C(F)(F)F)s1. The molecule has 4 nitrogen and oxygen atoms in total. The maximum atomic E-state index is 12.4. The van der Waals surface area contributed by atoms with Crippen molar-refractivity contribution in [1.29, 1.82) is 5.41 Å². The van der Waals surface area contributed by atoms with Crippen LogP contribution in [0.1, 0.15) is 22.7 Å². The Bertz CT molecular complexity index is 473. The van der Waals surface area contributed by atoms with Crippen LogP contribution in [-0.4, -0.2) is 17.5 Å². The van der Waals surface area contributed by atoms with Crippen LogP contribution in [0.5, 0.6) is 0 Å². The van der Waals surface area contributed by atoms with Crippen LogP contribution in [0.2, 0.25) is 0 Å². The Hall–Kier alpha value is -1.22. The van der Waals surface area contributed by atoms with Gasteiger partial charge in [0.25, 0.3) is 0 Å². The molecule has 1 unspecified atom stereocenters. The quantitative estimate of drug-likeness (QED) is 0.579. The topological polar surface area (TPSA) is 65.0 Å². The molecule has 9 heteroatoms. The van der Waals surface area contributed by atoms with Crippen molar-refractivity contribution in [2.45, 2.75) is 19.1 Å². The van der Waals surface area contributed by atoms with Crippen LogP contribution < -0.4 is 10.6 Å². The van der Waals surface area contributed by atoms with Gasteiger partial charge >= 0.3 is 12.2 Å². The van der Waals surface area contributed by atoms with E-state index >= 15 is 0 Å². The Labute approximate surface area is 116 Å². The van der Waals surface area contributed by atoms with Crippen LogP contribution in [0.4, 0.5) is 18.0 Å². The number of rotatable bonds is 2. The highest BCUT2D eigenvalue weighted by Gasteiger charge is 2.32. The number of urea groups is 1. The van der Waals surface area contributed by atoms with Crippen molar-refractivity contribution in [3.8, 4) is 0 Å². The highest BCUT2D eigenvalue weighted by Crippen LogP contribution is 2.36. The molecule has 3 N–H and O–H groups in total. The zero-order valence-corrected chi connectivity index (χ0v) is 11.7. The van der Waals surface area contributed by atoms with Gasteiger partial charge in [-0.15, -0.1) is 11.3 Å². The average Bonchev–Trinajstić information content (AvgIpc) is 2.77. The predicted molar refractivity (Wildman–Crippen MR) is 70.6 cm³/mol. The number of carbonyl (C=O) groups is 1. The molecule has 0 saturated carbocycles. The van der Waals surface area contributed by atoms with Gasteiger partial charge in [-0.05, 0) is 25.3 Å². The lowest BCUT2D eigenvalue weighted by Gasteiger charge is -2.13. The Morgan fingerprint density at radius 3 is 2.58 bits per heavy atom. The summed E-state index contributed by atoms with van der Waals surface area (Å²) in [5, 5.41) is 11.9. The molecule has 0 saturated heterocycles. The lowest BCUT2D eigenvalue weighted by Crippen LogP contribution is -2.38. The summed E-state index contributed by atoms with van der Waals surface area (Å²) in [6, 6.07) is 1.14. The maximum absolute atomic E-state index is 12.4. The molecule has 1 rings (SSSR count). The Balaban J connectivity index is 2.63. The lowest BCUT2D eigenvalue weighted by atomic mass is 10.3. The average molecular weight is 311 g/mol. The molecule has 1 aromatic rings. The van der Waals surface area contributed by atoms with E-state index in [0.717, 1.165) is 17.8 Å². The van der Waals surface area contributed by atoms with Crippen LogP contribution in [0, 0.1) is 5.41 Å². The number of thiophene rings is 1. The highest BCUT2D eigenvalue weighted by molar-refractivity contribution is 8.13. The fraction of sp³-hybridized carbons (Fsp3) is 0.400. The van der Waals surface area contributed by atoms with Crippen molar-refractivity contribution in [2.24, 2.45) is 0 Å². The number of hydrogen-bond donors (Lipinski definition) is 3. The van der Waals surface area contributed by atoms with Gasteiger partial charge in [-0.25, -0.2) is 4.79 Å². The first kappa shape index (κ1) is 15.8. The summed E-state index contributed by atoms with van der Waals surface area (Å²) in [4.78, 5) is 11.1. The van der Waals surface area contributed by atoms with Gasteiger partial charge in [-0.1, -0.05) is 11.8 Å². The van der Waals surface area contributed by atoms with Crippen molar-refractivity contribution in [1.82, 2.24) is 10.6 Å². The number of nitrogens with one attached hydrogen (secondary N) is 3. The minimum absolute atomic E-state index is 0.0353. The standard InChI is InChI=1S/C10H12F3N3OS2/c1-5(15-9(17)16-8(14)18-2)6-3-4-7(19-6)10(11,12)13/h3-5H,1-2H3,(H3,14,15,16,17). The van der Waals surface area contributed by atoms with Gasteiger partial charge in [0, 0.05) is 4.88 Å². The van der Waals surface area contributed by atoms with Gasteiger partial charge < -0.3 is 5.32 Å². The molecule has 0 spiro atoms. The Kier molecular flexibility index (Phi) is 5.24. The van der Waals surface area contributed by atoms with E-state index in [0.29, 0.717) is 16.2 Å². The highest BCUT2D eigenvalue weighted by atomic mass is 32.2. The number of hydrogen-bond acceptors (Lipinski definition) is 4. The van der Waals surface area contributed by atoms with Gasteiger partial charge in [0.05, 0.1) is 6.04 Å². The summed E-state index contributed by atoms with van der Waals surface area (Å²) in [6.07, 6.45) is -2.74. The van der Waals surface area contributed by atoms with Gasteiger partial charge in [-0.3, -0.25) is 10.7 Å². The Morgan fingerprint density at radius 2 is 2.11 bits per heavy atom. The molecule has 1 aromatic heterocycles. The number of thioether (sulfide) groups is 1. The largest absolute Gasteiger partial charge is 0.425 e. The van der Waals surface area contributed by atoms with E-state index in [9.17, 15) is 18.0 Å². The molecule has 106 valence electrons. The van der Waals surface area contributed by atoms with E-state index in [1.807, 2.05) is 0 Å². The molecule has 19 heavy (non-hydrogen) atoms. The molecule has 0 aliphatic rings. The third-order valence-corrected chi connectivity index (χ3v) is 3.93. The summed E-state index contributed by atoms with van der Waals surface area (Å²) >= 11 is 1.64. The van der Waals surface area contributed by atoms with Crippen molar-refractivity contribution in [2.75, 3.05) is 6.26 Å². The molecular formula is C10H12F3N3OS2. The minimum atomic E-state index is -4.37. The molecule has 0 aliphatic heterocycles. The predicted octanol–water partition coefficient (Wildman–Crippen LogP) is 3.42. The monoisotopic (exact) mass is 311 g/mol. The summed E-state index contributed by atoms with van der Waals surface area (Å²) in [6.45, 7) is 1.58. The van der Waals surface area contributed by atoms with Gasteiger partial charge in [0.1, 0.15) is 4.88 Å². The van der Waals surface area contributed by atoms with E-state index in [-0.39, 0.29) is 5.17 Å². The first-order valence-corrected chi connectivity index (χ1v) is 7.15. The Morgan fingerprint density at radius 1 is 1.47 bits per heavy atom. The summed E-state index contributed by atoms with van der Waals surface area (Å²) in [7, 11) is 0. The second kappa shape index (κ2) is 6.29. The van der Waals surface area contributed by atoms with Crippen molar-refractivity contribution in [3.63, 3.8) is 0 Å². The number of amides is 2. The van der Waals surface area contributed by atoms with Gasteiger partial charge in [0.15, 0.2) is 5.17 Å². The zero-order chi connectivity index (χ0) is 14.6. The van der Waals surface area contributed by atoms with Crippen LogP contribution in [0.3, 0.4) is 0 Å². The third-order valence-electron chi connectivity index (χ3n) is 2.11. The van der Waals surface area contributed by atoms with E-state index in [2.05, 4.69) is 10.6 Å². The van der Waals surface area contributed by atoms with Crippen LogP contribution in [-0.2, 0) is 6.18 Å². The fourth-order valence-corrected chi connectivity index (χ4v) is 2.27. The summed E-state index contributed by atoms with van der Waals surface area (Å²) in [5.41, 5.74) is 0. The van der Waals surface area contributed by atoms with Gasteiger partial charge in [0.2, 0.25) is 0 Å². The van der Waals surface area contributed by atoms with Gasteiger partial charge in [-0.2, -0.15) is 13.2 Å². The summed E-state index contributed by atoms with van der Waals surface area (Å²) in [5.74, 6) is 0. The normalized spacial score (nSPS) is 12.9. The molecule has 1 heterocycles. The molecular weight excluding hydrogens is 299 g/mol. The van der Waals surface area contributed by atoms with Crippen molar-refractivity contribution in [3.05, 3.63) is 21.9 Å². The minimum Gasteiger partial charge on any atom is -0.330 e. The second-order valence-electron chi connectivity index (χ2n) is 3.55. The van der Waals surface area contributed by atoms with Crippen LogP contribution in [0.25, 0.3) is 0 Å². The smallest absolute Gasteiger partial charge is 0.330 e. The number of carbonyl (C=O) groups excluding carboxylic acids is 1. The molecule has 0 aromatic carbocycles. The van der Waals surface area contributed by atoms with Crippen molar-refractivity contribution >= 4 is 34.3 Å². The molecule has 0 aliphatic carbocycles. The van der Waals surface area contributed by atoms with E-state index in [1.165, 1.54) is 6.07 Å². The summed E-state index contributed by atoms with van der Waals surface area (Å²) < 4.78 is 37.3. The third kappa shape index (κ3) is 4.75. The first-order chi connectivity index (χ1) is 8.74. The second-order valence-corrected chi connectivity index (χ2v) is 5.49. The van der Waals surface area contributed by atoms with E-state index in [4.69, 9.17) is 5.41 Å². The molecule has 0 radical (unpaired) electrons. The number of halogens is 3. The maximum Gasteiger partial charge on any atom is 0.425 e.